The Bertz CT molecular complexity index is 779. The molecule has 0 atom stereocenters. The maximum absolute atomic E-state index is 12.4. The molecule has 0 bridgehead atoms. The van der Waals surface area contributed by atoms with Crippen LogP contribution in [0.2, 0.25) is 5.02 Å². The van der Waals surface area contributed by atoms with E-state index < -0.39 is 20.9 Å². The Hall–Kier alpha value is -1.99. The molecule has 0 aliphatic heterocycles. The molecular weight excluding hydrogens is 314 g/mol. The molecule has 8 heteroatoms. The number of halogens is 1. The first-order valence-electron chi connectivity index (χ1n) is 5.86. The summed E-state index contributed by atoms with van der Waals surface area (Å²) in [7, 11) is -2.07. The van der Waals surface area contributed by atoms with Crippen LogP contribution in [0.4, 0.5) is 5.69 Å². The zero-order valence-corrected chi connectivity index (χ0v) is 12.9. The first kappa shape index (κ1) is 15.4. The number of para-hydroxylation sites is 1. The van der Waals surface area contributed by atoms with Crippen molar-refractivity contribution in [3.8, 4) is 0 Å². The first-order valence-corrected chi connectivity index (χ1v) is 8.13. The van der Waals surface area contributed by atoms with Gasteiger partial charge in [-0.3, -0.25) is 4.79 Å². The Morgan fingerprint density at radius 2 is 1.86 bits per heavy atom. The van der Waals surface area contributed by atoms with Gasteiger partial charge in [-0.15, -0.1) is 0 Å². The molecule has 0 aliphatic carbocycles. The van der Waals surface area contributed by atoms with Gasteiger partial charge >= 0.3 is 0 Å². The number of carbonyl (C=O) groups is 1. The monoisotopic (exact) mass is 325 g/mol. The largest absolute Gasteiger partial charge is 0.310 e. The quantitative estimate of drug-likeness (QED) is 0.804. The van der Waals surface area contributed by atoms with E-state index in [-0.39, 0.29) is 10.7 Å². The van der Waals surface area contributed by atoms with Gasteiger partial charge < -0.3 is 4.90 Å². The molecule has 0 spiro atoms. The summed E-state index contributed by atoms with van der Waals surface area (Å²) in [6.45, 7) is 0. The predicted molar refractivity (Wildman–Crippen MR) is 79.3 cm³/mol. The number of amides is 1. The number of hydrogen-bond acceptors (Lipinski definition) is 5. The molecular formula is C13H12ClN3O3S. The van der Waals surface area contributed by atoms with E-state index >= 15 is 0 Å². The summed E-state index contributed by atoms with van der Waals surface area (Å²) in [5.41, 5.74) is 0.483. The minimum atomic E-state index is -3.62. The maximum Gasteiger partial charge on any atom is 0.278 e. The number of aromatic nitrogens is 2. The van der Waals surface area contributed by atoms with Gasteiger partial charge in [0.1, 0.15) is 0 Å². The van der Waals surface area contributed by atoms with Crippen LogP contribution in [0.15, 0.2) is 41.7 Å². The fourth-order valence-corrected chi connectivity index (χ4v) is 2.28. The highest BCUT2D eigenvalue weighted by Gasteiger charge is 2.22. The molecule has 1 aromatic carbocycles. The molecule has 1 heterocycles. The van der Waals surface area contributed by atoms with Crippen LogP contribution in [0, 0.1) is 0 Å². The molecule has 6 nitrogen and oxygen atoms in total. The van der Waals surface area contributed by atoms with E-state index in [0.717, 1.165) is 12.5 Å². The third kappa shape index (κ3) is 3.37. The Kier molecular flexibility index (Phi) is 4.24. The van der Waals surface area contributed by atoms with Crippen LogP contribution in [0.25, 0.3) is 0 Å². The Balaban J connectivity index is 2.44. The summed E-state index contributed by atoms with van der Waals surface area (Å²) in [5.74, 6) is -0.515. The summed E-state index contributed by atoms with van der Waals surface area (Å²) in [6, 6.07) is 8.86. The molecule has 21 heavy (non-hydrogen) atoms. The van der Waals surface area contributed by atoms with Gasteiger partial charge in [0, 0.05) is 19.0 Å². The second kappa shape index (κ2) is 5.79. The molecule has 2 rings (SSSR count). The minimum Gasteiger partial charge on any atom is -0.310 e. The van der Waals surface area contributed by atoms with E-state index in [1.807, 2.05) is 6.07 Å². The maximum atomic E-state index is 12.4. The Morgan fingerprint density at radius 3 is 2.43 bits per heavy atom. The van der Waals surface area contributed by atoms with Crippen molar-refractivity contribution < 1.29 is 13.2 Å². The number of nitrogens with zero attached hydrogens (tertiary/aromatic N) is 3. The topological polar surface area (TPSA) is 80.2 Å². The highest BCUT2D eigenvalue weighted by atomic mass is 35.5. The third-order valence-corrected chi connectivity index (χ3v) is 3.84. The molecule has 1 aromatic heterocycles. The lowest BCUT2D eigenvalue weighted by Crippen LogP contribution is -2.28. The summed E-state index contributed by atoms with van der Waals surface area (Å²) in [6.07, 6.45) is 2.07. The normalized spacial score (nSPS) is 11.2. The Labute approximate surface area is 127 Å². The first-order chi connectivity index (χ1) is 9.80. The minimum absolute atomic E-state index is 0.00446. The molecule has 0 radical (unpaired) electrons. The molecule has 0 N–H and O–H groups in total. The predicted octanol–water partition coefficient (Wildman–Crippen LogP) is 1.81. The lowest BCUT2D eigenvalue weighted by molar-refractivity contribution is 0.0987. The van der Waals surface area contributed by atoms with E-state index in [1.54, 1.807) is 31.3 Å². The zero-order chi connectivity index (χ0) is 15.6. The second-order valence-corrected chi connectivity index (χ2v) is 6.64. The third-order valence-electron chi connectivity index (χ3n) is 2.70. The van der Waals surface area contributed by atoms with Crippen LogP contribution in [-0.2, 0) is 9.84 Å². The van der Waals surface area contributed by atoms with Crippen molar-refractivity contribution in [3.63, 3.8) is 0 Å². The molecule has 0 saturated carbocycles. The summed E-state index contributed by atoms with van der Waals surface area (Å²) >= 11 is 5.91. The lowest BCUT2D eigenvalue weighted by atomic mass is 10.2. The molecule has 2 aromatic rings. The molecule has 0 fully saturated rings. The van der Waals surface area contributed by atoms with Crippen molar-refractivity contribution in [2.75, 3.05) is 18.2 Å². The number of benzene rings is 1. The van der Waals surface area contributed by atoms with Gasteiger partial charge in [0.2, 0.25) is 15.0 Å². The summed E-state index contributed by atoms with van der Waals surface area (Å²) < 4.78 is 22.9. The van der Waals surface area contributed by atoms with E-state index in [0.29, 0.717) is 5.69 Å². The van der Waals surface area contributed by atoms with Gasteiger partial charge in [-0.05, 0) is 12.1 Å². The lowest BCUT2D eigenvalue weighted by Gasteiger charge is -2.17. The number of sulfone groups is 1. The number of anilines is 1. The molecule has 0 aliphatic rings. The van der Waals surface area contributed by atoms with E-state index in [1.165, 1.54) is 4.90 Å². The fourth-order valence-electron chi connectivity index (χ4n) is 1.61. The smallest absolute Gasteiger partial charge is 0.278 e. The number of rotatable bonds is 3. The SMILES string of the molecule is CN(C(=O)c1nc(S(C)(=O)=O)ncc1Cl)c1ccccc1. The number of hydrogen-bond donors (Lipinski definition) is 0. The van der Waals surface area contributed by atoms with Crippen molar-refractivity contribution in [1.29, 1.82) is 0 Å². The standard InChI is InChI=1S/C13H12ClN3O3S/c1-17(9-6-4-3-5-7-9)12(18)11-10(14)8-15-13(16-11)21(2,19)20/h3-8H,1-2H3. The fraction of sp³-hybridized carbons (Fsp3) is 0.154. The van der Waals surface area contributed by atoms with Gasteiger partial charge in [-0.25, -0.2) is 18.4 Å². The zero-order valence-electron chi connectivity index (χ0n) is 11.3. The van der Waals surface area contributed by atoms with Crippen LogP contribution in [0.5, 0.6) is 0 Å². The van der Waals surface area contributed by atoms with Gasteiger partial charge in [-0.1, -0.05) is 29.8 Å². The molecule has 110 valence electrons. The molecule has 0 saturated heterocycles. The highest BCUT2D eigenvalue weighted by molar-refractivity contribution is 7.90. The van der Waals surface area contributed by atoms with Crippen molar-refractivity contribution in [3.05, 3.63) is 47.2 Å². The summed E-state index contributed by atoms with van der Waals surface area (Å²) in [4.78, 5) is 21.1. The van der Waals surface area contributed by atoms with Gasteiger partial charge in [-0.2, -0.15) is 0 Å². The van der Waals surface area contributed by atoms with E-state index in [2.05, 4.69) is 9.97 Å². The van der Waals surface area contributed by atoms with Gasteiger partial charge in [0.25, 0.3) is 5.91 Å². The van der Waals surface area contributed by atoms with E-state index in [9.17, 15) is 13.2 Å². The van der Waals surface area contributed by atoms with Crippen molar-refractivity contribution in [1.82, 2.24) is 9.97 Å². The van der Waals surface area contributed by atoms with Crippen molar-refractivity contribution >= 4 is 33.0 Å². The van der Waals surface area contributed by atoms with Crippen molar-refractivity contribution in [2.45, 2.75) is 5.16 Å². The van der Waals surface area contributed by atoms with Crippen LogP contribution in [-0.4, -0.2) is 37.6 Å². The van der Waals surface area contributed by atoms with Gasteiger partial charge in [0.05, 0.1) is 11.2 Å². The average Bonchev–Trinajstić information content (AvgIpc) is 2.46. The average molecular weight is 326 g/mol. The second-order valence-electron chi connectivity index (χ2n) is 4.32. The van der Waals surface area contributed by atoms with Crippen molar-refractivity contribution in [2.24, 2.45) is 0 Å². The van der Waals surface area contributed by atoms with Crippen LogP contribution < -0.4 is 4.90 Å². The van der Waals surface area contributed by atoms with Crippen LogP contribution >= 0.6 is 11.6 Å². The van der Waals surface area contributed by atoms with Crippen LogP contribution in [0.1, 0.15) is 10.5 Å². The number of carbonyl (C=O) groups excluding carboxylic acids is 1. The molecule has 0 unspecified atom stereocenters. The Morgan fingerprint density at radius 1 is 1.24 bits per heavy atom. The highest BCUT2D eigenvalue weighted by Crippen LogP contribution is 2.19. The van der Waals surface area contributed by atoms with Crippen LogP contribution in [0.3, 0.4) is 0 Å². The van der Waals surface area contributed by atoms with E-state index in [4.69, 9.17) is 11.6 Å². The van der Waals surface area contributed by atoms with Gasteiger partial charge in [0.15, 0.2) is 5.69 Å². The summed E-state index contributed by atoms with van der Waals surface area (Å²) in [5, 5.41) is -0.438. The molecule has 1 amide bonds.